The zero-order valence-electron chi connectivity index (χ0n) is 9.39. The second-order valence-electron chi connectivity index (χ2n) is 4.59. The zero-order chi connectivity index (χ0) is 10.8. The smallest absolute Gasteiger partial charge is 0.129 e. The van der Waals surface area contributed by atoms with Crippen molar-refractivity contribution in [2.75, 3.05) is 5.32 Å². The number of aryl methyl sites for hydroxylation is 1. The van der Waals surface area contributed by atoms with E-state index >= 15 is 0 Å². The Labute approximate surface area is 85.7 Å². The molecule has 0 aliphatic heterocycles. The molecule has 1 heterocycles. The third kappa shape index (κ3) is 3.00. The first-order chi connectivity index (χ1) is 6.42. The lowest BCUT2D eigenvalue weighted by Crippen LogP contribution is -2.27. The van der Waals surface area contributed by atoms with Gasteiger partial charge in [0.25, 0.3) is 0 Å². The van der Waals surface area contributed by atoms with Crippen LogP contribution in [0.5, 0.6) is 0 Å². The second kappa shape index (κ2) is 3.96. The SMILES string of the molecule is Cc1cc(CN)cnc1NC(C)(C)C. The van der Waals surface area contributed by atoms with Crippen molar-refractivity contribution in [3.05, 3.63) is 23.4 Å². The normalized spacial score (nSPS) is 11.5. The van der Waals surface area contributed by atoms with Crippen molar-refractivity contribution in [3.8, 4) is 0 Å². The van der Waals surface area contributed by atoms with Gasteiger partial charge < -0.3 is 11.1 Å². The molecule has 0 spiro atoms. The quantitative estimate of drug-likeness (QED) is 0.756. The minimum atomic E-state index is 0.0436. The van der Waals surface area contributed by atoms with Crippen LogP contribution in [0.4, 0.5) is 5.82 Å². The van der Waals surface area contributed by atoms with Gasteiger partial charge in [-0.1, -0.05) is 0 Å². The third-order valence-electron chi connectivity index (χ3n) is 1.86. The van der Waals surface area contributed by atoms with Crippen molar-refractivity contribution >= 4 is 5.82 Å². The molecule has 0 fully saturated rings. The van der Waals surface area contributed by atoms with Gasteiger partial charge in [-0.2, -0.15) is 0 Å². The number of rotatable bonds is 2. The molecule has 78 valence electrons. The molecule has 3 N–H and O–H groups in total. The summed E-state index contributed by atoms with van der Waals surface area (Å²) in [6.45, 7) is 8.94. The molecule has 0 unspecified atom stereocenters. The Hall–Kier alpha value is -1.09. The van der Waals surface area contributed by atoms with Crippen LogP contribution in [0.2, 0.25) is 0 Å². The van der Waals surface area contributed by atoms with Gasteiger partial charge in [0.05, 0.1) is 0 Å². The van der Waals surface area contributed by atoms with Crippen LogP contribution in [0.3, 0.4) is 0 Å². The van der Waals surface area contributed by atoms with Crippen molar-refractivity contribution in [2.24, 2.45) is 5.73 Å². The topological polar surface area (TPSA) is 50.9 Å². The average Bonchev–Trinajstić information content (AvgIpc) is 2.06. The summed E-state index contributed by atoms with van der Waals surface area (Å²) in [7, 11) is 0. The van der Waals surface area contributed by atoms with Crippen molar-refractivity contribution in [1.82, 2.24) is 4.98 Å². The fraction of sp³-hybridized carbons (Fsp3) is 0.545. The molecule has 0 radical (unpaired) electrons. The zero-order valence-corrected chi connectivity index (χ0v) is 9.39. The van der Waals surface area contributed by atoms with E-state index in [4.69, 9.17) is 5.73 Å². The lowest BCUT2D eigenvalue weighted by molar-refractivity contribution is 0.629. The van der Waals surface area contributed by atoms with Gasteiger partial charge in [-0.3, -0.25) is 0 Å². The summed E-state index contributed by atoms with van der Waals surface area (Å²) < 4.78 is 0. The molecular weight excluding hydrogens is 174 g/mol. The third-order valence-corrected chi connectivity index (χ3v) is 1.86. The number of nitrogens with two attached hydrogens (primary N) is 1. The maximum Gasteiger partial charge on any atom is 0.129 e. The summed E-state index contributed by atoms with van der Waals surface area (Å²) in [5, 5.41) is 3.35. The fourth-order valence-electron chi connectivity index (χ4n) is 1.23. The van der Waals surface area contributed by atoms with E-state index in [9.17, 15) is 0 Å². The fourth-order valence-corrected chi connectivity index (χ4v) is 1.23. The highest BCUT2D eigenvalue weighted by molar-refractivity contribution is 5.46. The molecule has 1 rings (SSSR count). The summed E-state index contributed by atoms with van der Waals surface area (Å²) in [5.74, 6) is 0.940. The van der Waals surface area contributed by atoms with Crippen molar-refractivity contribution in [3.63, 3.8) is 0 Å². The highest BCUT2D eigenvalue weighted by Gasteiger charge is 2.11. The molecule has 0 saturated heterocycles. The Bertz CT molecular complexity index is 313. The van der Waals surface area contributed by atoms with E-state index < -0.39 is 0 Å². The highest BCUT2D eigenvalue weighted by Crippen LogP contribution is 2.17. The van der Waals surface area contributed by atoms with Gasteiger partial charge >= 0.3 is 0 Å². The molecule has 14 heavy (non-hydrogen) atoms. The van der Waals surface area contributed by atoms with Gasteiger partial charge in [0.1, 0.15) is 5.82 Å². The van der Waals surface area contributed by atoms with Crippen LogP contribution in [0.1, 0.15) is 31.9 Å². The first-order valence-electron chi connectivity index (χ1n) is 4.86. The van der Waals surface area contributed by atoms with E-state index in [1.54, 1.807) is 0 Å². The lowest BCUT2D eigenvalue weighted by Gasteiger charge is -2.22. The average molecular weight is 193 g/mol. The van der Waals surface area contributed by atoms with Gasteiger partial charge in [0.2, 0.25) is 0 Å². The molecule has 0 aromatic carbocycles. The molecule has 0 amide bonds. The largest absolute Gasteiger partial charge is 0.365 e. The van der Waals surface area contributed by atoms with Crippen LogP contribution in [-0.2, 0) is 6.54 Å². The number of hydrogen-bond acceptors (Lipinski definition) is 3. The molecule has 0 saturated carbocycles. The van der Waals surface area contributed by atoms with E-state index in [0.29, 0.717) is 6.54 Å². The van der Waals surface area contributed by atoms with Gasteiger partial charge in [0, 0.05) is 18.3 Å². The number of anilines is 1. The van der Waals surface area contributed by atoms with E-state index in [2.05, 4.69) is 37.1 Å². The van der Waals surface area contributed by atoms with Crippen LogP contribution in [0.25, 0.3) is 0 Å². The summed E-state index contributed by atoms with van der Waals surface area (Å²) in [4.78, 5) is 4.34. The van der Waals surface area contributed by atoms with Crippen molar-refractivity contribution < 1.29 is 0 Å². The summed E-state index contributed by atoms with van der Waals surface area (Å²) in [5.41, 5.74) is 7.79. The summed E-state index contributed by atoms with van der Waals surface area (Å²) in [6, 6.07) is 2.07. The lowest BCUT2D eigenvalue weighted by atomic mass is 10.1. The van der Waals surface area contributed by atoms with Gasteiger partial charge in [-0.25, -0.2) is 4.98 Å². The number of nitrogens with one attached hydrogen (secondary N) is 1. The first kappa shape index (κ1) is 11.0. The molecule has 1 aromatic heterocycles. The van der Waals surface area contributed by atoms with Gasteiger partial charge in [-0.05, 0) is 44.9 Å². The number of pyridine rings is 1. The van der Waals surface area contributed by atoms with Crippen LogP contribution >= 0.6 is 0 Å². The maximum atomic E-state index is 5.54. The number of hydrogen-bond donors (Lipinski definition) is 2. The standard InChI is InChI=1S/C11H19N3/c1-8-5-9(6-12)7-13-10(8)14-11(2,3)4/h5,7H,6,12H2,1-4H3,(H,13,14). The van der Waals surface area contributed by atoms with Crippen LogP contribution < -0.4 is 11.1 Å². The van der Waals surface area contributed by atoms with Gasteiger partial charge in [0.15, 0.2) is 0 Å². The van der Waals surface area contributed by atoms with E-state index in [-0.39, 0.29) is 5.54 Å². The Morgan fingerprint density at radius 2 is 2.07 bits per heavy atom. The van der Waals surface area contributed by atoms with Gasteiger partial charge in [-0.15, -0.1) is 0 Å². The van der Waals surface area contributed by atoms with Crippen LogP contribution in [-0.4, -0.2) is 10.5 Å². The molecule has 0 aliphatic carbocycles. The predicted molar refractivity (Wildman–Crippen MR) is 60.2 cm³/mol. The van der Waals surface area contributed by atoms with E-state index in [1.807, 2.05) is 13.1 Å². The van der Waals surface area contributed by atoms with Crippen molar-refractivity contribution in [1.29, 1.82) is 0 Å². The summed E-state index contributed by atoms with van der Waals surface area (Å²) in [6.07, 6.45) is 1.82. The minimum Gasteiger partial charge on any atom is -0.365 e. The Morgan fingerprint density at radius 1 is 1.43 bits per heavy atom. The summed E-state index contributed by atoms with van der Waals surface area (Å²) >= 11 is 0. The molecule has 3 nitrogen and oxygen atoms in total. The van der Waals surface area contributed by atoms with Crippen LogP contribution in [0.15, 0.2) is 12.3 Å². The molecule has 0 atom stereocenters. The number of nitrogens with zero attached hydrogens (tertiary/aromatic N) is 1. The molecule has 0 bridgehead atoms. The monoisotopic (exact) mass is 193 g/mol. The highest BCUT2D eigenvalue weighted by atomic mass is 15.0. The Morgan fingerprint density at radius 3 is 2.50 bits per heavy atom. The first-order valence-corrected chi connectivity index (χ1v) is 4.86. The Balaban J connectivity index is 2.89. The molecule has 0 aliphatic rings. The van der Waals surface area contributed by atoms with Crippen molar-refractivity contribution in [2.45, 2.75) is 39.8 Å². The second-order valence-corrected chi connectivity index (χ2v) is 4.59. The van der Waals surface area contributed by atoms with Crippen LogP contribution in [0, 0.1) is 6.92 Å². The van der Waals surface area contributed by atoms with E-state index in [1.165, 1.54) is 0 Å². The molecule has 1 aromatic rings. The molecular formula is C11H19N3. The Kier molecular flexibility index (Phi) is 3.11. The van der Waals surface area contributed by atoms with E-state index in [0.717, 1.165) is 16.9 Å². The predicted octanol–water partition coefficient (Wildman–Crippen LogP) is 2.06. The minimum absolute atomic E-state index is 0.0436. The number of aromatic nitrogens is 1. The maximum absolute atomic E-state index is 5.54. The molecule has 3 heteroatoms.